The van der Waals surface area contributed by atoms with Gasteiger partial charge in [0.25, 0.3) is 0 Å². The Bertz CT molecular complexity index is 2020. The van der Waals surface area contributed by atoms with Gasteiger partial charge in [0.05, 0.1) is 11.7 Å². The molecule has 8 nitrogen and oxygen atoms in total. The van der Waals surface area contributed by atoms with Crippen LogP contribution in [0, 0.1) is 0 Å². The van der Waals surface area contributed by atoms with Crippen LogP contribution in [-0.4, -0.2) is 23.3 Å². The van der Waals surface area contributed by atoms with Crippen molar-refractivity contribution in [2.75, 3.05) is 0 Å². The van der Waals surface area contributed by atoms with E-state index in [-0.39, 0.29) is 17.1 Å². The van der Waals surface area contributed by atoms with E-state index in [0.29, 0.717) is 34.3 Å². The van der Waals surface area contributed by atoms with Gasteiger partial charge in [-0.1, -0.05) is 125 Å². The average molecular weight is 638 g/mol. The first kappa shape index (κ1) is 30.2. The summed E-state index contributed by atoms with van der Waals surface area (Å²) >= 11 is 0. The predicted molar refractivity (Wildman–Crippen MR) is 177 cm³/mol. The van der Waals surface area contributed by atoms with E-state index in [0.717, 1.165) is 44.2 Å². The van der Waals surface area contributed by atoms with E-state index in [9.17, 15) is 0 Å². The molecule has 0 aliphatic carbocycles. The van der Waals surface area contributed by atoms with E-state index in [1.165, 1.54) is 0 Å². The Morgan fingerprint density at radius 1 is 0.444 bits per heavy atom. The number of hydrogen-bond donors (Lipinski definition) is 0. The van der Waals surface area contributed by atoms with Crippen LogP contribution in [0.5, 0.6) is 0 Å². The molecule has 4 aliphatic rings. The number of rotatable bonds is 0. The summed E-state index contributed by atoms with van der Waals surface area (Å²) in [7, 11) is 0. The number of amidine groups is 4. The second kappa shape index (κ2) is 12.7. The van der Waals surface area contributed by atoms with Crippen molar-refractivity contribution in [2.24, 2.45) is 30.0 Å². The molecule has 2 unspecified atom stereocenters. The number of hydrogen-bond acceptors (Lipinski definition) is 6. The predicted octanol–water partition coefficient (Wildman–Crippen LogP) is 6.60. The van der Waals surface area contributed by atoms with Gasteiger partial charge in [0.15, 0.2) is 11.7 Å². The zero-order chi connectivity index (χ0) is 30.2. The van der Waals surface area contributed by atoms with Crippen molar-refractivity contribution in [2.45, 2.75) is 40.0 Å². The third-order valence-electron chi connectivity index (χ3n) is 7.61. The van der Waals surface area contributed by atoms with Crippen LogP contribution in [0.2, 0.25) is 0 Å². The Morgan fingerprint density at radius 2 is 0.800 bits per heavy atom. The molecule has 227 valence electrons. The summed E-state index contributed by atoms with van der Waals surface area (Å²) in [5.41, 5.74) is 6.83. The second-order valence-electron chi connectivity index (χ2n) is 9.92. The van der Waals surface area contributed by atoms with Crippen molar-refractivity contribution in [3.63, 3.8) is 0 Å². The Balaban J connectivity index is 0.000000689. The van der Waals surface area contributed by atoms with Crippen molar-refractivity contribution >= 4 is 34.1 Å². The molecule has 0 saturated carbocycles. The number of fused-ring (bicyclic) bond motifs is 18. The molecule has 5 aromatic rings. The molecule has 5 heterocycles. The quantitative estimate of drug-likeness (QED) is 0.176. The van der Waals surface area contributed by atoms with E-state index in [1.54, 1.807) is 0 Å². The van der Waals surface area contributed by atoms with Crippen molar-refractivity contribution in [1.82, 2.24) is 4.98 Å². The summed E-state index contributed by atoms with van der Waals surface area (Å²) in [5, 5.41) is 6.84. The van der Waals surface area contributed by atoms with Crippen LogP contribution < -0.4 is 16.0 Å². The molecule has 0 saturated heterocycles. The van der Waals surface area contributed by atoms with Gasteiger partial charge in [0, 0.05) is 50.3 Å². The number of aliphatic imine (C=N–C) groups is 4. The average Bonchev–Trinajstić information content (AvgIpc) is 3.82. The summed E-state index contributed by atoms with van der Waals surface area (Å²) in [4.78, 5) is 34.7. The maximum atomic E-state index is 5.05. The van der Waals surface area contributed by atoms with Gasteiger partial charge in [-0.15, -0.1) is 0 Å². The Labute approximate surface area is 272 Å². The molecule has 0 fully saturated rings. The van der Waals surface area contributed by atoms with E-state index in [2.05, 4.69) is 12.1 Å². The molecule has 1 radical (unpaired) electrons. The van der Waals surface area contributed by atoms with Crippen molar-refractivity contribution in [3.8, 4) is 0 Å². The first-order valence-corrected chi connectivity index (χ1v) is 15.1. The zero-order valence-corrected chi connectivity index (χ0v) is 26.2. The minimum absolute atomic E-state index is 0. The van der Waals surface area contributed by atoms with Crippen molar-refractivity contribution < 1.29 is 17.1 Å². The molecular formula is C36H30CuN8-2. The van der Waals surface area contributed by atoms with Gasteiger partial charge in [-0.2, -0.15) is 0 Å². The van der Waals surface area contributed by atoms with E-state index >= 15 is 0 Å². The molecule has 9 heteroatoms. The van der Waals surface area contributed by atoms with E-state index in [1.807, 2.05) is 113 Å². The van der Waals surface area contributed by atoms with Crippen LogP contribution in [0.25, 0.3) is 16.1 Å². The number of nitrogens with zero attached hydrogens (tertiary/aromatic N) is 8. The summed E-state index contributed by atoms with van der Waals surface area (Å²) in [6.45, 7) is 8.00. The Hall–Kier alpha value is -4.82. The van der Waals surface area contributed by atoms with Gasteiger partial charge < -0.3 is 20.3 Å². The standard InChI is InChI=1S/C32H18N8.2C2H6.Cu/c1-2-10-18-17(9-1)25-33-26(18)38-28-21-13-5-6-14-22(21)30(35-28)40-32-24-16-8-7-15-23(24)31(36-32)39-29-20-12-4-3-11-19(20)27(34-29)37-25;2*1-2;/h1-16,25-26H;2*1-2H3;/q-2;;;. The van der Waals surface area contributed by atoms with Crippen LogP contribution in [0.3, 0.4) is 0 Å². The molecule has 0 amide bonds. The number of benzene rings is 4. The minimum atomic E-state index is -0.445. The summed E-state index contributed by atoms with van der Waals surface area (Å²) in [6, 6.07) is 32.2. The van der Waals surface area contributed by atoms with Gasteiger partial charge in [-0.25, -0.2) is 9.98 Å². The van der Waals surface area contributed by atoms with Gasteiger partial charge >= 0.3 is 0 Å². The van der Waals surface area contributed by atoms with Crippen LogP contribution in [0.15, 0.2) is 127 Å². The maximum absolute atomic E-state index is 5.05. The topological polar surface area (TPSA) is 102 Å². The van der Waals surface area contributed by atoms with E-state index in [4.69, 9.17) is 40.3 Å². The molecule has 1 aromatic heterocycles. The van der Waals surface area contributed by atoms with Crippen LogP contribution in [-0.2, 0) is 17.1 Å². The Kier molecular flexibility index (Phi) is 8.50. The zero-order valence-electron chi connectivity index (χ0n) is 25.3. The van der Waals surface area contributed by atoms with Crippen LogP contribution in [0.4, 0.5) is 0 Å². The van der Waals surface area contributed by atoms with Gasteiger partial charge in [-0.3, -0.25) is 9.98 Å². The fourth-order valence-corrected chi connectivity index (χ4v) is 5.73. The molecule has 0 N–H and O–H groups in total. The van der Waals surface area contributed by atoms with Gasteiger partial charge in [0.1, 0.15) is 0 Å². The first-order valence-electron chi connectivity index (χ1n) is 15.1. The molecule has 0 spiro atoms. The summed E-state index contributed by atoms with van der Waals surface area (Å²) < 4.78 is 0. The fraction of sp³-hybridized carbons (Fsp3) is 0.167. The molecule has 45 heavy (non-hydrogen) atoms. The summed E-state index contributed by atoms with van der Waals surface area (Å²) in [6.07, 6.45) is -0.891. The third kappa shape index (κ3) is 5.09. The maximum Gasteiger partial charge on any atom is 0.155 e. The molecule has 4 aromatic carbocycles. The molecular weight excluding hydrogens is 608 g/mol. The SMILES string of the molecule is CC.CC.[Cu].c1ccc2c(c1)C1=NC2=NC2[N-]C(N=C3N=C(N=c4[n-]c(c5ccccc45)=N1)c1ccccc13)c1ccccc12. The second-order valence-corrected chi connectivity index (χ2v) is 9.92. The largest absolute Gasteiger partial charge is 0.611 e. The first-order chi connectivity index (χ1) is 21.8. The smallest absolute Gasteiger partial charge is 0.155 e. The summed E-state index contributed by atoms with van der Waals surface area (Å²) in [5.74, 6) is 2.35. The molecule has 9 rings (SSSR count). The monoisotopic (exact) mass is 637 g/mol. The number of aromatic nitrogens is 1. The fourth-order valence-electron chi connectivity index (χ4n) is 5.73. The van der Waals surface area contributed by atoms with Crippen molar-refractivity contribution in [3.05, 3.63) is 147 Å². The van der Waals surface area contributed by atoms with Crippen LogP contribution in [0.1, 0.15) is 73.4 Å². The molecule has 2 atom stereocenters. The van der Waals surface area contributed by atoms with Crippen molar-refractivity contribution in [1.29, 1.82) is 0 Å². The Morgan fingerprint density at radius 3 is 1.22 bits per heavy atom. The minimum Gasteiger partial charge on any atom is -0.611 e. The van der Waals surface area contributed by atoms with Gasteiger partial charge in [0.2, 0.25) is 0 Å². The van der Waals surface area contributed by atoms with E-state index < -0.39 is 12.3 Å². The normalized spacial score (nSPS) is 18.0. The van der Waals surface area contributed by atoms with Gasteiger partial charge in [-0.05, 0) is 34.2 Å². The van der Waals surface area contributed by atoms with Crippen LogP contribution >= 0.6 is 0 Å². The molecule has 8 bridgehead atoms. The molecule has 4 aliphatic heterocycles. The third-order valence-corrected chi connectivity index (χ3v) is 7.61.